The first-order valence-corrected chi connectivity index (χ1v) is 10.5. The van der Waals surface area contributed by atoms with E-state index in [1.807, 2.05) is 0 Å². The Labute approximate surface area is 161 Å². The van der Waals surface area contributed by atoms with E-state index >= 15 is 0 Å². The van der Waals surface area contributed by atoms with E-state index in [-0.39, 0.29) is 11.7 Å². The first-order chi connectivity index (χ1) is 13.1. The molecule has 4 heteroatoms. The van der Waals surface area contributed by atoms with Crippen molar-refractivity contribution in [2.75, 3.05) is 6.61 Å². The Bertz CT molecular complexity index is 628. The predicted molar refractivity (Wildman–Crippen MR) is 104 cm³/mol. The lowest BCUT2D eigenvalue weighted by Gasteiger charge is -2.38. The molecule has 2 aliphatic carbocycles. The fourth-order valence-corrected chi connectivity index (χ4v) is 4.96. The summed E-state index contributed by atoms with van der Waals surface area (Å²) in [6, 6.07) is 3.25. The van der Waals surface area contributed by atoms with Gasteiger partial charge in [-0.2, -0.15) is 4.39 Å². The maximum Gasteiger partial charge on any atom is 0.201 e. The van der Waals surface area contributed by atoms with Gasteiger partial charge in [-0.05, 0) is 94.6 Å². The average molecular weight is 379 g/mol. The van der Waals surface area contributed by atoms with Crippen LogP contribution in [0.4, 0.5) is 8.78 Å². The van der Waals surface area contributed by atoms with Crippen molar-refractivity contribution in [3.63, 3.8) is 0 Å². The van der Waals surface area contributed by atoms with Gasteiger partial charge in [0, 0.05) is 6.61 Å². The van der Waals surface area contributed by atoms with E-state index < -0.39 is 11.6 Å². The number of hydrogen-bond donors (Lipinski definition) is 0. The summed E-state index contributed by atoms with van der Waals surface area (Å²) >= 11 is 0. The third kappa shape index (κ3) is 4.90. The lowest BCUT2D eigenvalue weighted by atomic mass is 9.69. The summed E-state index contributed by atoms with van der Waals surface area (Å²) in [5.41, 5.74) is 0.513. The molecule has 150 valence electrons. The Morgan fingerprint density at radius 3 is 2.15 bits per heavy atom. The van der Waals surface area contributed by atoms with Crippen molar-refractivity contribution >= 4 is 0 Å². The molecule has 1 aromatic rings. The number of hydrogen-bond acceptors (Lipinski definition) is 2. The molecule has 0 bridgehead atoms. The van der Waals surface area contributed by atoms with E-state index in [1.165, 1.54) is 31.9 Å². The zero-order chi connectivity index (χ0) is 19.2. The Kier molecular flexibility index (Phi) is 7.28. The van der Waals surface area contributed by atoms with Gasteiger partial charge in [-0.3, -0.25) is 0 Å². The first-order valence-electron chi connectivity index (χ1n) is 10.5. The standard InChI is InChI=1S/C23H32F2O2/c1-3-15-27-21-14-13-20(22(24)23(21)25)18-7-5-16(6-8-18)17-9-11-19(12-10-17)26-4-2/h3,13-19H,4-12H2,1-2H3. The molecule has 0 radical (unpaired) electrons. The maximum atomic E-state index is 14.5. The number of ether oxygens (including phenoxy) is 2. The third-order valence-electron chi connectivity index (χ3n) is 6.41. The van der Waals surface area contributed by atoms with Gasteiger partial charge in [0.2, 0.25) is 5.82 Å². The molecule has 0 aromatic heterocycles. The summed E-state index contributed by atoms with van der Waals surface area (Å²) in [5, 5.41) is 0. The van der Waals surface area contributed by atoms with Gasteiger partial charge in [-0.25, -0.2) is 4.39 Å². The highest BCUT2D eigenvalue weighted by Gasteiger charge is 2.32. The quantitative estimate of drug-likeness (QED) is 0.510. The summed E-state index contributed by atoms with van der Waals surface area (Å²) in [4.78, 5) is 0. The normalized spacial score (nSPS) is 29.2. The van der Waals surface area contributed by atoms with E-state index in [2.05, 4.69) is 6.92 Å². The molecule has 1 aromatic carbocycles. The monoisotopic (exact) mass is 378 g/mol. The molecule has 2 fully saturated rings. The molecule has 0 atom stereocenters. The minimum atomic E-state index is -0.873. The van der Waals surface area contributed by atoms with Crippen molar-refractivity contribution < 1.29 is 18.3 Å². The van der Waals surface area contributed by atoms with Crippen molar-refractivity contribution in [3.8, 4) is 5.75 Å². The molecule has 2 aliphatic rings. The fraction of sp³-hybridized carbons (Fsp3) is 0.652. The van der Waals surface area contributed by atoms with Crippen LogP contribution in [0.1, 0.15) is 76.7 Å². The zero-order valence-corrected chi connectivity index (χ0v) is 16.6. The summed E-state index contributed by atoms with van der Waals surface area (Å²) in [5.74, 6) is -0.0325. The average Bonchev–Trinajstić information content (AvgIpc) is 2.70. The van der Waals surface area contributed by atoms with Crippen LogP contribution in [0.2, 0.25) is 0 Å². The highest BCUT2D eigenvalue weighted by atomic mass is 19.2. The molecular weight excluding hydrogens is 346 g/mol. The maximum absolute atomic E-state index is 14.5. The topological polar surface area (TPSA) is 18.5 Å². The lowest BCUT2D eigenvalue weighted by molar-refractivity contribution is 0.0145. The Morgan fingerprint density at radius 2 is 1.56 bits per heavy atom. The van der Waals surface area contributed by atoms with Crippen LogP contribution in [0.25, 0.3) is 0 Å². The molecule has 0 heterocycles. The highest BCUT2D eigenvalue weighted by molar-refractivity contribution is 5.33. The number of benzene rings is 1. The summed E-state index contributed by atoms with van der Waals surface area (Å²) < 4.78 is 39.7. The van der Waals surface area contributed by atoms with E-state index in [9.17, 15) is 8.78 Å². The molecule has 0 unspecified atom stereocenters. The van der Waals surface area contributed by atoms with Crippen molar-refractivity contribution in [1.29, 1.82) is 0 Å². The van der Waals surface area contributed by atoms with Gasteiger partial charge < -0.3 is 9.47 Å². The molecule has 0 saturated heterocycles. The summed E-state index contributed by atoms with van der Waals surface area (Å²) in [6.07, 6.45) is 12.4. The van der Waals surface area contributed by atoms with Gasteiger partial charge in [-0.15, -0.1) is 0 Å². The van der Waals surface area contributed by atoms with Gasteiger partial charge >= 0.3 is 0 Å². The number of rotatable bonds is 6. The molecule has 2 saturated carbocycles. The first kappa shape index (κ1) is 20.3. The molecule has 27 heavy (non-hydrogen) atoms. The van der Waals surface area contributed by atoms with E-state index in [0.29, 0.717) is 11.7 Å². The minimum absolute atomic E-state index is 0.0471. The van der Waals surface area contributed by atoms with Gasteiger partial charge in [0.25, 0.3) is 0 Å². The van der Waals surface area contributed by atoms with Gasteiger partial charge in [0.1, 0.15) is 0 Å². The molecule has 0 N–H and O–H groups in total. The lowest BCUT2D eigenvalue weighted by Crippen LogP contribution is -2.28. The Balaban J connectivity index is 1.56. The minimum Gasteiger partial charge on any atom is -0.462 e. The van der Waals surface area contributed by atoms with E-state index in [0.717, 1.165) is 44.1 Å². The van der Waals surface area contributed by atoms with Crippen LogP contribution >= 0.6 is 0 Å². The van der Waals surface area contributed by atoms with Crippen molar-refractivity contribution in [2.24, 2.45) is 11.8 Å². The van der Waals surface area contributed by atoms with Gasteiger partial charge in [0.05, 0.1) is 12.4 Å². The van der Waals surface area contributed by atoms with Crippen LogP contribution in [-0.4, -0.2) is 12.7 Å². The summed E-state index contributed by atoms with van der Waals surface area (Å²) in [7, 11) is 0. The van der Waals surface area contributed by atoms with Crippen LogP contribution in [0.15, 0.2) is 24.5 Å². The van der Waals surface area contributed by atoms with Gasteiger partial charge in [0.15, 0.2) is 11.6 Å². The predicted octanol–water partition coefficient (Wildman–Crippen LogP) is 6.75. The molecular formula is C23H32F2O2. The second-order valence-electron chi connectivity index (χ2n) is 7.97. The smallest absolute Gasteiger partial charge is 0.201 e. The van der Waals surface area contributed by atoms with Crippen LogP contribution in [0, 0.1) is 23.5 Å². The largest absolute Gasteiger partial charge is 0.462 e. The second kappa shape index (κ2) is 9.68. The molecule has 0 amide bonds. The third-order valence-corrected chi connectivity index (χ3v) is 6.41. The highest BCUT2D eigenvalue weighted by Crippen LogP contribution is 2.44. The Hall–Kier alpha value is -1.42. The van der Waals surface area contributed by atoms with Gasteiger partial charge in [-0.1, -0.05) is 12.1 Å². The van der Waals surface area contributed by atoms with E-state index in [1.54, 1.807) is 25.1 Å². The second-order valence-corrected chi connectivity index (χ2v) is 7.97. The Morgan fingerprint density at radius 1 is 0.926 bits per heavy atom. The van der Waals surface area contributed by atoms with Crippen molar-refractivity contribution in [1.82, 2.24) is 0 Å². The molecule has 3 rings (SSSR count). The van der Waals surface area contributed by atoms with Crippen LogP contribution in [0.5, 0.6) is 5.75 Å². The molecule has 0 aliphatic heterocycles. The van der Waals surface area contributed by atoms with Crippen LogP contribution in [0.3, 0.4) is 0 Å². The molecule has 0 spiro atoms. The van der Waals surface area contributed by atoms with Crippen LogP contribution < -0.4 is 4.74 Å². The fourth-order valence-electron chi connectivity index (χ4n) is 4.96. The van der Waals surface area contributed by atoms with E-state index in [4.69, 9.17) is 9.47 Å². The van der Waals surface area contributed by atoms with Crippen molar-refractivity contribution in [3.05, 3.63) is 41.7 Å². The number of halogens is 2. The van der Waals surface area contributed by atoms with Crippen molar-refractivity contribution in [2.45, 2.75) is 77.2 Å². The number of allylic oxidation sites excluding steroid dienone is 1. The molecule has 2 nitrogen and oxygen atoms in total. The summed E-state index contributed by atoms with van der Waals surface area (Å²) in [6.45, 7) is 4.64. The SMILES string of the molecule is CC=COc1ccc(C2CCC(C3CCC(OCC)CC3)CC2)c(F)c1F. The van der Waals surface area contributed by atoms with Crippen LogP contribution in [-0.2, 0) is 4.74 Å². The zero-order valence-electron chi connectivity index (χ0n) is 16.6.